The van der Waals surface area contributed by atoms with Gasteiger partial charge in [0.15, 0.2) is 0 Å². The minimum Gasteiger partial charge on any atom is -0.492 e. The number of rotatable bonds is 14. The molecule has 0 aliphatic carbocycles. The van der Waals surface area contributed by atoms with Crippen molar-refractivity contribution in [3.8, 4) is 5.75 Å². The molecular weight excluding hydrogens is 438 g/mol. The van der Waals surface area contributed by atoms with E-state index in [-0.39, 0.29) is 16.7 Å². The molecule has 1 amide bonds. The van der Waals surface area contributed by atoms with Crippen molar-refractivity contribution >= 4 is 22.1 Å². The lowest BCUT2D eigenvalue weighted by Crippen LogP contribution is -2.32. The van der Waals surface area contributed by atoms with Crippen LogP contribution >= 0.6 is 0 Å². The molecule has 2 atom stereocenters. The first-order valence-corrected chi connectivity index (χ1v) is 12.0. The number of hydrogen-bond donors (Lipinski definition) is 2. The summed E-state index contributed by atoms with van der Waals surface area (Å²) in [5.41, 5.74) is 0.799. The summed E-state index contributed by atoms with van der Waals surface area (Å²) in [4.78, 5) is 15.9. The van der Waals surface area contributed by atoms with E-state index in [4.69, 9.17) is 4.74 Å². The molecule has 0 radical (unpaired) electrons. The quantitative estimate of drug-likeness (QED) is 0.244. The number of nitrogens with one attached hydrogen (secondary N) is 2. The Morgan fingerprint density at radius 3 is 2.58 bits per heavy atom. The normalized spacial score (nSPS) is 14.5. The van der Waals surface area contributed by atoms with E-state index in [1.807, 2.05) is 37.3 Å². The van der Waals surface area contributed by atoms with Crippen molar-refractivity contribution in [3.05, 3.63) is 90.5 Å². The van der Waals surface area contributed by atoms with E-state index < -0.39 is 16.1 Å². The van der Waals surface area contributed by atoms with Gasteiger partial charge in [0.05, 0.1) is 17.4 Å². The van der Waals surface area contributed by atoms with Gasteiger partial charge in [-0.2, -0.15) is 0 Å². The largest absolute Gasteiger partial charge is 0.492 e. The zero-order valence-electron chi connectivity index (χ0n) is 19.4. The Bertz CT molecular complexity index is 1010. The molecule has 0 saturated carbocycles. The Labute approximate surface area is 197 Å². The van der Waals surface area contributed by atoms with Crippen LogP contribution in [0, 0.1) is 5.92 Å². The standard InChI is InChI=1S/C25H33N3O4S/c1-6-26-19-20(2)18-22(4)28-33(30,31)23(5)13-11-10-12-21(3)25(29)27-16-17-32-24-14-8-7-9-15-24/h6-15,18-19,21-22,28H,1,5,16-17H2,2-4H3,(H,27,29)/b12-10-,13-11-,20-18-,26-19?. The number of allylic oxidation sites excluding steroid dienone is 4. The summed E-state index contributed by atoms with van der Waals surface area (Å²) in [7, 11) is -3.75. The lowest BCUT2D eigenvalue weighted by molar-refractivity contribution is -0.123. The van der Waals surface area contributed by atoms with Crippen LogP contribution in [0.25, 0.3) is 0 Å². The molecule has 1 aromatic carbocycles. The number of carbonyl (C=O) groups is 1. The molecule has 0 fully saturated rings. The zero-order chi connectivity index (χ0) is 24.7. The third kappa shape index (κ3) is 11.8. The highest BCUT2D eigenvalue weighted by molar-refractivity contribution is 7.93. The number of ether oxygens (including phenoxy) is 1. The molecule has 1 rings (SSSR count). The fourth-order valence-corrected chi connectivity index (χ4v) is 3.52. The molecule has 2 N–H and O–H groups in total. The molecule has 0 spiro atoms. The molecule has 2 unspecified atom stereocenters. The van der Waals surface area contributed by atoms with Gasteiger partial charge in [0, 0.05) is 18.5 Å². The fraction of sp³-hybridized carbons (Fsp3) is 0.280. The number of hydrogen-bond acceptors (Lipinski definition) is 5. The Morgan fingerprint density at radius 2 is 1.91 bits per heavy atom. The number of aliphatic imine (C=N–C) groups is 1. The van der Waals surface area contributed by atoms with Crippen LogP contribution < -0.4 is 14.8 Å². The predicted molar refractivity (Wildman–Crippen MR) is 135 cm³/mol. The SMILES string of the molecule is C=CN=C/C(C)=C\C(C)NS(=O)(=O)C(=C)/C=C\C=C/C(C)C(=O)NCCOc1ccccc1. The van der Waals surface area contributed by atoms with Crippen LogP contribution in [0.3, 0.4) is 0 Å². The van der Waals surface area contributed by atoms with E-state index in [0.717, 1.165) is 11.3 Å². The van der Waals surface area contributed by atoms with Gasteiger partial charge in [0.2, 0.25) is 15.9 Å². The van der Waals surface area contributed by atoms with Crippen LogP contribution in [0.5, 0.6) is 5.75 Å². The highest BCUT2D eigenvalue weighted by atomic mass is 32.2. The van der Waals surface area contributed by atoms with Crippen molar-refractivity contribution in [2.75, 3.05) is 13.2 Å². The molecule has 0 aliphatic heterocycles. The molecule has 0 aromatic heterocycles. The van der Waals surface area contributed by atoms with Crippen molar-refractivity contribution in [1.82, 2.24) is 10.0 Å². The Kier molecular flexibility index (Phi) is 12.4. The highest BCUT2D eigenvalue weighted by Gasteiger charge is 2.15. The molecule has 0 heterocycles. The summed E-state index contributed by atoms with van der Waals surface area (Å²) >= 11 is 0. The molecule has 178 valence electrons. The number of carbonyl (C=O) groups excluding carboxylic acids is 1. The van der Waals surface area contributed by atoms with Crippen molar-refractivity contribution in [2.24, 2.45) is 10.9 Å². The van der Waals surface area contributed by atoms with Crippen LogP contribution in [-0.2, 0) is 14.8 Å². The summed E-state index contributed by atoms with van der Waals surface area (Å²) in [6, 6.07) is 8.91. The third-order valence-electron chi connectivity index (χ3n) is 4.20. The van der Waals surface area contributed by atoms with E-state index in [0.29, 0.717) is 13.2 Å². The Balaban J connectivity index is 2.46. The average molecular weight is 472 g/mol. The highest BCUT2D eigenvalue weighted by Crippen LogP contribution is 2.08. The van der Waals surface area contributed by atoms with Gasteiger partial charge in [-0.05, 0) is 37.6 Å². The van der Waals surface area contributed by atoms with Crippen LogP contribution in [0.2, 0.25) is 0 Å². The van der Waals surface area contributed by atoms with Crippen molar-refractivity contribution in [2.45, 2.75) is 26.8 Å². The molecule has 0 aliphatic rings. The molecule has 33 heavy (non-hydrogen) atoms. The Morgan fingerprint density at radius 1 is 1.21 bits per heavy atom. The van der Waals surface area contributed by atoms with Crippen LogP contribution in [0.4, 0.5) is 0 Å². The molecule has 0 saturated heterocycles. The lowest BCUT2D eigenvalue weighted by Gasteiger charge is -2.11. The summed E-state index contributed by atoms with van der Waals surface area (Å²) in [6.45, 7) is 13.1. The molecule has 8 heteroatoms. The van der Waals surface area contributed by atoms with Gasteiger partial charge in [0.1, 0.15) is 12.4 Å². The van der Waals surface area contributed by atoms with Gasteiger partial charge in [-0.15, -0.1) is 0 Å². The van der Waals surface area contributed by atoms with Crippen LogP contribution in [0.1, 0.15) is 20.8 Å². The van der Waals surface area contributed by atoms with Crippen molar-refractivity contribution in [3.63, 3.8) is 0 Å². The number of sulfonamides is 1. The van der Waals surface area contributed by atoms with E-state index in [1.54, 1.807) is 38.3 Å². The third-order valence-corrected chi connectivity index (χ3v) is 5.71. The lowest BCUT2D eigenvalue weighted by atomic mass is 10.1. The van der Waals surface area contributed by atoms with Gasteiger partial charge in [-0.1, -0.05) is 62.6 Å². The number of para-hydroxylation sites is 1. The van der Waals surface area contributed by atoms with E-state index >= 15 is 0 Å². The smallest absolute Gasteiger partial charge is 0.240 e. The van der Waals surface area contributed by atoms with Gasteiger partial charge in [-0.25, -0.2) is 13.1 Å². The summed E-state index contributed by atoms with van der Waals surface area (Å²) < 4.78 is 32.8. The summed E-state index contributed by atoms with van der Waals surface area (Å²) in [6.07, 6.45) is 10.9. The van der Waals surface area contributed by atoms with Crippen molar-refractivity contribution < 1.29 is 17.9 Å². The summed E-state index contributed by atoms with van der Waals surface area (Å²) in [5.74, 6) is 0.205. The van der Waals surface area contributed by atoms with Crippen LogP contribution in [-0.4, -0.2) is 39.7 Å². The monoisotopic (exact) mass is 471 g/mol. The molecule has 1 aromatic rings. The maximum atomic E-state index is 12.4. The predicted octanol–water partition coefficient (Wildman–Crippen LogP) is 3.91. The second-order valence-electron chi connectivity index (χ2n) is 7.23. The first kappa shape index (κ1) is 27.8. The molecule has 7 nitrogen and oxygen atoms in total. The van der Waals surface area contributed by atoms with E-state index in [1.165, 1.54) is 18.4 Å². The van der Waals surface area contributed by atoms with Gasteiger partial charge < -0.3 is 10.1 Å². The Hall–Kier alpha value is -3.23. The molecule has 0 bridgehead atoms. The topological polar surface area (TPSA) is 96.9 Å². The number of benzene rings is 1. The first-order chi connectivity index (χ1) is 15.7. The first-order valence-electron chi connectivity index (χ1n) is 10.5. The summed E-state index contributed by atoms with van der Waals surface area (Å²) in [5, 5.41) is 2.79. The minimum atomic E-state index is -3.75. The zero-order valence-corrected chi connectivity index (χ0v) is 20.2. The maximum Gasteiger partial charge on any atom is 0.240 e. The minimum absolute atomic E-state index is 0.0834. The van der Waals surface area contributed by atoms with Crippen LogP contribution in [0.15, 0.2) is 95.5 Å². The van der Waals surface area contributed by atoms with Gasteiger partial charge >= 0.3 is 0 Å². The van der Waals surface area contributed by atoms with E-state index in [2.05, 4.69) is 28.2 Å². The second-order valence-corrected chi connectivity index (χ2v) is 9.00. The number of amides is 1. The van der Waals surface area contributed by atoms with Gasteiger partial charge in [-0.3, -0.25) is 9.79 Å². The second kappa shape index (κ2) is 14.8. The average Bonchev–Trinajstić information content (AvgIpc) is 2.77. The fourth-order valence-electron chi connectivity index (χ4n) is 2.55. The van der Waals surface area contributed by atoms with Gasteiger partial charge in [0.25, 0.3) is 0 Å². The van der Waals surface area contributed by atoms with Crippen molar-refractivity contribution in [1.29, 1.82) is 0 Å². The maximum absolute atomic E-state index is 12.4. The number of nitrogens with zero attached hydrogens (tertiary/aromatic N) is 1. The van der Waals surface area contributed by atoms with E-state index in [9.17, 15) is 13.2 Å². The molecular formula is C25H33N3O4S.